The third kappa shape index (κ3) is 3.07. The van der Waals surface area contributed by atoms with Crippen molar-refractivity contribution in [3.05, 3.63) is 78.0 Å². The minimum Gasteiger partial charge on any atom is -0.251 e. The van der Waals surface area contributed by atoms with Gasteiger partial charge in [0.2, 0.25) is 0 Å². The zero-order valence-electron chi connectivity index (χ0n) is 11.6. The minimum atomic E-state index is -0.288. The lowest BCUT2D eigenvalue weighted by molar-refractivity contribution is 0.627. The minimum absolute atomic E-state index is 0.280. The molecule has 110 valence electrons. The molecule has 0 saturated heterocycles. The molecule has 3 aromatic rings. The summed E-state index contributed by atoms with van der Waals surface area (Å²) in [5.41, 5.74) is 4.21. The molecule has 0 atom stereocenters. The highest BCUT2D eigenvalue weighted by molar-refractivity contribution is 9.08. The molecule has 0 N–H and O–H groups in total. The molecular weight excluding hydrogens is 348 g/mol. The van der Waals surface area contributed by atoms with E-state index < -0.39 is 0 Å². The van der Waals surface area contributed by atoms with Crippen LogP contribution in [0.1, 0.15) is 5.69 Å². The summed E-state index contributed by atoms with van der Waals surface area (Å²) >= 11 is 3.39. The fourth-order valence-electron chi connectivity index (χ4n) is 2.26. The van der Waals surface area contributed by atoms with Crippen molar-refractivity contribution >= 4 is 15.9 Å². The maximum Gasteiger partial charge on any atom is 0.123 e. The van der Waals surface area contributed by atoms with Crippen LogP contribution in [0, 0.1) is 11.6 Å². The lowest BCUT2D eigenvalue weighted by Gasteiger charge is -2.11. The number of alkyl halides is 1. The molecule has 0 amide bonds. The van der Waals surface area contributed by atoms with Gasteiger partial charge < -0.3 is 0 Å². The van der Waals surface area contributed by atoms with Gasteiger partial charge in [-0.1, -0.05) is 34.1 Å². The van der Waals surface area contributed by atoms with Gasteiger partial charge in [0.05, 0.1) is 11.4 Å². The zero-order chi connectivity index (χ0) is 15.5. The number of hydrogen-bond donors (Lipinski definition) is 0. The Bertz CT molecular complexity index is 783. The van der Waals surface area contributed by atoms with E-state index in [-0.39, 0.29) is 11.6 Å². The summed E-state index contributed by atoms with van der Waals surface area (Å²) in [5, 5.41) is 0.630. The number of halogens is 3. The van der Waals surface area contributed by atoms with Crippen molar-refractivity contribution in [2.45, 2.75) is 5.33 Å². The number of hydrogen-bond acceptors (Lipinski definition) is 1. The molecule has 3 rings (SSSR count). The van der Waals surface area contributed by atoms with E-state index in [1.54, 1.807) is 24.3 Å². The van der Waals surface area contributed by atoms with E-state index in [1.165, 1.54) is 24.3 Å². The van der Waals surface area contributed by atoms with Crippen LogP contribution in [0.3, 0.4) is 0 Å². The van der Waals surface area contributed by atoms with Crippen molar-refractivity contribution in [2.75, 3.05) is 0 Å². The first-order valence-electron chi connectivity index (χ1n) is 6.75. The predicted molar refractivity (Wildman–Crippen MR) is 87.7 cm³/mol. The highest BCUT2D eigenvalue weighted by atomic mass is 79.9. The van der Waals surface area contributed by atoms with Crippen molar-refractivity contribution in [3.8, 4) is 22.4 Å². The van der Waals surface area contributed by atoms with Crippen molar-refractivity contribution < 1.29 is 8.78 Å². The molecule has 1 nitrogen and oxygen atoms in total. The average Bonchev–Trinajstić information content (AvgIpc) is 2.56. The topological polar surface area (TPSA) is 12.9 Å². The number of benzene rings is 2. The number of pyridine rings is 1. The molecule has 0 saturated carbocycles. The fourth-order valence-corrected chi connectivity index (χ4v) is 2.58. The first kappa shape index (κ1) is 14.9. The second-order valence-electron chi connectivity index (χ2n) is 4.85. The van der Waals surface area contributed by atoms with E-state index in [1.807, 2.05) is 12.1 Å². The van der Waals surface area contributed by atoms with Crippen LogP contribution in [0.25, 0.3) is 22.4 Å². The van der Waals surface area contributed by atoms with Crippen molar-refractivity contribution in [2.24, 2.45) is 0 Å². The van der Waals surface area contributed by atoms with Gasteiger partial charge in [-0.2, -0.15) is 0 Å². The van der Waals surface area contributed by atoms with E-state index in [2.05, 4.69) is 20.9 Å². The summed E-state index contributed by atoms with van der Waals surface area (Å²) < 4.78 is 26.3. The molecule has 0 spiro atoms. The van der Waals surface area contributed by atoms with E-state index in [0.29, 0.717) is 5.33 Å². The number of rotatable bonds is 3. The van der Waals surface area contributed by atoms with Crippen molar-refractivity contribution in [3.63, 3.8) is 0 Å². The Hall–Kier alpha value is -2.07. The second kappa shape index (κ2) is 6.36. The van der Waals surface area contributed by atoms with Gasteiger partial charge in [0.1, 0.15) is 11.6 Å². The largest absolute Gasteiger partial charge is 0.251 e. The second-order valence-corrected chi connectivity index (χ2v) is 5.41. The SMILES string of the molecule is Fc1ccc(-c2ccc(CBr)nc2-c2ccc(F)cc2)cc1. The van der Waals surface area contributed by atoms with E-state index in [9.17, 15) is 8.78 Å². The Morgan fingerprint density at radius 3 is 1.82 bits per heavy atom. The van der Waals surface area contributed by atoms with Crippen LogP contribution >= 0.6 is 15.9 Å². The molecule has 4 heteroatoms. The van der Waals surface area contributed by atoms with Crippen LogP contribution in [0.2, 0.25) is 0 Å². The van der Waals surface area contributed by atoms with Crippen LogP contribution in [0.4, 0.5) is 8.78 Å². The molecule has 22 heavy (non-hydrogen) atoms. The standard InChI is InChI=1S/C18H12BrF2N/c19-11-16-9-10-17(12-1-5-14(20)6-2-12)18(22-16)13-3-7-15(21)8-4-13/h1-10H,11H2. The van der Waals surface area contributed by atoms with Gasteiger partial charge in [0.15, 0.2) is 0 Å². The number of nitrogens with zero attached hydrogens (tertiary/aromatic N) is 1. The lowest BCUT2D eigenvalue weighted by Crippen LogP contribution is -1.94. The first-order valence-corrected chi connectivity index (χ1v) is 7.87. The molecule has 0 radical (unpaired) electrons. The van der Waals surface area contributed by atoms with Gasteiger partial charge in [0.25, 0.3) is 0 Å². The van der Waals surface area contributed by atoms with Gasteiger partial charge in [-0.25, -0.2) is 8.78 Å². The molecule has 1 aromatic heterocycles. The Morgan fingerprint density at radius 1 is 0.727 bits per heavy atom. The average molecular weight is 360 g/mol. The Balaban J connectivity index is 2.17. The molecule has 1 heterocycles. The summed E-state index contributed by atoms with van der Waals surface area (Å²) in [6.45, 7) is 0. The Labute approximate surface area is 135 Å². The molecule has 0 aliphatic heterocycles. The van der Waals surface area contributed by atoms with Crippen LogP contribution in [-0.2, 0) is 5.33 Å². The van der Waals surface area contributed by atoms with Gasteiger partial charge in [0, 0.05) is 16.5 Å². The predicted octanol–water partition coefficient (Wildman–Crippen LogP) is 5.59. The maximum absolute atomic E-state index is 13.1. The third-order valence-electron chi connectivity index (χ3n) is 3.36. The molecule has 0 fully saturated rings. The monoisotopic (exact) mass is 359 g/mol. The third-order valence-corrected chi connectivity index (χ3v) is 3.94. The van der Waals surface area contributed by atoms with Crippen molar-refractivity contribution in [1.29, 1.82) is 0 Å². The smallest absolute Gasteiger partial charge is 0.123 e. The normalized spacial score (nSPS) is 10.7. The van der Waals surface area contributed by atoms with E-state index in [4.69, 9.17) is 0 Å². The van der Waals surface area contributed by atoms with Crippen LogP contribution in [0.15, 0.2) is 60.7 Å². The molecule has 0 aliphatic carbocycles. The quantitative estimate of drug-likeness (QED) is 0.555. The summed E-state index contributed by atoms with van der Waals surface area (Å²) in [6.07, 6.45) is 0. The zero-order valence-corrected chi connectivity index (χ0v) is 13.1. The summed E-state index contributed by atoms with van der Waals surface area (Å²) in [6, 6.07) is 16.4. The Kier molecular flexibility index (Phi) is 4.29. The van der Waals surface area contributed by atoms with Gasteiger partial charge >= 0.3 is 0 Å². The summed E-state index contributed by atoms with van der Waals surface area (Å²) in [7, 11) is 0. The first-order chi connectivity index (χ1) is 10.7. The van der Waals surface area contributed by atoms with Crippen LogP contribution < -0.4 is 0 Å². The fraction of sp³-hybridized carbons (Fsp3) is 0.0556. The van der Waals surface area contributed by atoms with Gasteiger partial charge in [-0.15, -0.1) is 0 Å². The molecule has 0 unspecified atom stereocenters. The maximum atomic E-state index is 13.1. The molecular formula is C18H12BrF2N. The van der Waals surface area contributed by atoms with E-state index >= 15 is 0 Å². The van der Waals surface area contributed by atoms with E-state index in [0.717, 1.165) is 28.1 Å². The highest BCUT2D eigenvalue weighted by Gasteiger charge is 2.10. The Morgan fingerprint density at radius 2 is 1.27 bits per heavy atom. The summed E-state index contributed by atoms with van der Waals surface area (Å²) in [4.78, 5) is 4.63. The van der Waals surface area contributed by atoms with Crippen LogP contribution in [0.5, 0.6) is 0 Å². The van der Waals surface area contributed by atoms with Crippen LogP contribution in [-0.4, -0.2) is 4.98 Å². The molecule has 2 aromatic carbocycles. The van der Waals surface area contributed by atoms with Gasteiger partial charge in [-0.05, 0) is 48.0 Å². The summed E-state index contributed by atoms with van der Waals surface area (Å²) in [5.74, 6) is -0.569. The highest BCUT2D eigenvalue weighted by Crippen LogP contribution is 2.31. The van der Waals surface area contributed by atoms with Crippen molar-refractivity contribution in [1.82, 2.24) is 4.98 Å². The number of aromatic nitrogens is 1. The lowest BCUT2D eigenvalue weighted by atomic mass is 9.99. The molecule has 0 aliphatic rings. The molecule has 0 bridgehead atoms. The van der Waals surface area contributed by atoms with Gasteiger partial charge in [-0.3, -0.25) is 4.98 Å².